The SMILES string of the molecule is Fc1c(F)c(F)c(Oc2ccc(OC(F)(F)C(F)(F)Br)cc2)c(F)c1F. The van der Waals surface area contributed by atoms with E-state index >= 15 is 0 Å². The Morgan fingerprint density at radius 3 is 1.46 bits per heavy atom. The zero-order valence-electron chi connectivity index (χ0n) is 11.9. The van der Waals surface area contributed by atoms with Gasteiger partial charge in [-0.1, -0.05) is 0 Å². The summed E-state index contributed by atoms with van der Waals surface area (Å²) in [5.74, 6) is -14.4. The van der Waals surface area contributed by atoms with Crippen molar-refractivity contribution < 1.29 is 49.0 Å². The van der Waals surface area contributed by atoms with E-state index in [1.165, 1.54) is 15.9 Å². The Morgan fingerprint density at radius 1 is 0.654 bits per heavy atom. The lowest BCUT2D eigenvalue weighted by atomic mass is 10.2. The average Bonchev–Trinajstić information content (AvgIpc) is 2.55. The maximum absolute atomic E-state index is 13.5. The van der Waals surface area contributed by atoms with Gasteiger partial charge >= 0.3 is 10.9 Å². The summed E-state index contributed by atoms with van der Waals surface area (Å²) < 4.78 is 125. The van der Waals surface area contributed by atoms with Crippen LogP contribution >= 0.6 is 15.9 Å². The molecule has 0 aromatic heterocycles. The Kier molecular flexibility index (Phi) is 5.36. The van der Waals surface area contributed by atoms with E-state index < -0.39 is 57.3 Å². The summed E-state index contributed by atoms with van der Waals surface area (Å²) in [6, 6.07) is 2.73. The van der Waals surface area contributed by atoms with Gasteiger partial charge in [-0.05, 0) is 24.3 Å². The second-order valence-corrected chi connectivity index (χ2v) is 5.59. The van der Waals surface area contributed by atoms with Crippen LogP contribution < -0.4 is 9.47 Å². The van der Waals surface area contributed by atoms with Crippen molar-refractivity contribution in [2.45, 2.75) is 10.9 Å². The molecule has 0 unspecified atom stereocenters. The summed E-state index contributed by atoms with van der Waals surface area (Å²) >= 11 is 1.43. The fraction of sp³-hybridized carbons (Fsp3) is 0.143. The first-order chi connectivity index (χ1) is 11.8. The number of halogens is 10. The third-order valence-corrected chi connectivity index (χ3v) is 3.25. The van der Waals surface area contributed by atoms with Crippen molar-refractivity contribution in [3.05, 3.63) is 53.4 Å². The number of alkyl halides is 5. The van der Waals surface area contributed by atoms with Gasteiger partial charge in [0.25, 0.3) is 0 Å². The minimum absolute atomic E-state index is 0.547. The van der Waals surface area contributed by atoms with Gasteiger partial charge in [-0.2, -0.15) is 26.3 Å². The highest BCUT2D eigenvalue weighted by molar-refractivity contribution is 9.10. The normalized spacial score (nSPS) is 12.2. The van der Waals surface area contributed by atoms with Crippen LogP contribution in [0.2, 0.25) is 0 Å². The summed E-state index contributed by atoms with van der Waals surface area (Å²) in [5, 5.41) is 0. The van der Waals surface area contributed by atoms with Crippen LogP contribution in [0.1, 0.15) is 0 Å². The van der Waals surface area contributed by atoms with Crippen LogP contribution in [0.25, 0.3) is 0 Å². The highest BCUT2D eigenvalue weighted by atomic mass is 79.9. The molecular weight excluding hydrogens is 451 g/mol. The van der Waals surface area contributed by atoms with Crippen LogP contribution in [-0.4, -0.2) is 10.9 Å². The number of hydrogen-bond donors (Lipinski definition) is 0. The van der Waals surface area contributed by atoms with Gasteiger partial charge in [-0.3, -0.25) is 0 Å². The van der Waals surface area contributed by atoms with E-state index in [4.69, 9.17) is 0 Å². The Morgan fingerprint density at radius 2 is 1.04 bits per heavy atom. The first kappa shape index (κ1) is 20.2. The summed E-state index contributed by atoms with van der Waals surface area (Å²) in [7, 11) is 0. The van der Waals surface area contributed by atoms with E-state index in [1.54, 1.807) is 0 Å². The second kappa shape index (κ2) is 6.89. The van der Waals surface area contributed by atoms with E-state index in [0.29, 0.717) is 12.1 Å². The Bertz CT molecular complexity index is 790. The molecule has 0 amide bonds. The van der Waals surface area contributed by atoms with Gasteiger partial charge in [-0.25, -0.2) is 13.2 Å². The molecule has 0 heterocycles. The molecule has 0 aliphatic carbocycles. The van der Waals surface area contributed by atoms with Crippen LogP contribution in [0.3, 0.4) is 0 Å². The van der Waals surface area contributed by atoms with E-state index in [9.17, 15) is 39.5 Å². The van der Waals surface area contributed by atoms with Gasteiger partial charge in [0.15, 0.2) is 0 Å². The summed E-state index contributed by atoms with van der Waals surface area (Å²) in [6.07, 6.45) is -4.93. The highest BCUT2D eigenvalue weighted by Gasteiger charge is 2.57. The highest BCUT2D eigenvalue weighted by Crippen LogP contribution is 2.41. The van der Waals surface area contributed by atoms with E-state index in [0.717, 1.165) is 12.1 Å². The molecule has 2 aromatic carbocycles. The minimum atomic E-state index is -4.93. The summed E-state index contributed by atoms with van der Waals surface area (Å²) in [5.41, 5.74) is 0. The second-order valence-electron chi connectivity index (χ2n) is 4.59. The molecule has 2 nitrogen and oxygen atoms in total. The Hall–Kier alpha value is -2.11. The van der Waals surface area contributed by atoms with Gasteiger partial charge in [-0.15, -0.1) is 0 Å². The average molecular weight is 455 g/mol. The fourth-order valence-electron chi connectivity index (χ4n) is 1.57. The molecule has 12 heteroatoms. The quantitative estimate of drug-likeness (QED) is 0.234. The Balaban J connectivity index is 2.26. The zero-order valence-corrected chi connectivity index (χ0v) is 13.5. The molecule has 2 aromatic rings. The molecule has 0 saturated heterocycles. The van der Waals surface area contributed by atoms with Crippen molar-refractivity contribution in [3.63, 3.8) is 0 Å². The number of ether oxygens (including phenoxy) is 2. The molecule has 0 radical (unpaired) electrons. The molecule has 0 fully saturated rings. The van der Waals surface area contributed by atoms with Crippen LogP contribution in [0.5, 0.6) is 17.2 Å². The minimum Gasteiger partial charge on any atom is -0.451 e. The molecule has 0 N–H and O–H groups in total. The molecular formula is C14H4BrF9O2. The number of hydrogen-bond acceptors (Lipinski definition) is 2. The van der Waals surface area contributed by atoms with Crippen LogP contribution in [0.15, 0.2) is 24.3 Å². The molecule has 2 rings (SSSR count). The van der Waals surface area contributed by atoms with Crippen molar-refractivity contribution in [1.29, 1.82) is 0 Å². The largest absolute Gasteiger partial charge is 0.475 e. The van der Waals surface area contributed by atoms with Crippen LogP contribution in [-0.2, 0) is 0 Å². The van der Waals surface area contributed by atoms with E-state index in [-0.39, 0.29) is 0 Å². The predicted molar refractivity (Wildman–Crippen MR) is 72.2 cm³/mol. The topological polar surface area (TPSA) is 18.5 Å². The van der Waals surface area contributed by atoms with Crippen molar-refractivity contribution >= 4 is 15.9 Å². The lowest BCUT2D eigenvalue weighted by molar-refractivity contribution is -0.266. The van der Waals surface area contributed by atoms with Gasteiger partial charge in [0.1, 0.15) is 11.5 Å². The van der Waals surface area contributed by atoms with Crippen molar-refractivity contribution in [1.82, 2.24) is 0 Å². The monoisotopic (exact) mass is 454 g/mol. The molecule has 0 spiro atoms. The summed E-state index contributed by atoms with van der Waals surface area (Å²) in [6.45, 7) is 0. The van der Waals surface area contributed by atoms with Crippen LogP contribution in [0.4, 0.5) is 39.5 Å². The first-order valence-electron chi connectivity index (χ1n) is 6.28. The molecule has 0 bridgehead atoms. The maximum Gasteiger partial charge on any atom is 0.475 e. The van der Waals surface area contributed by atoms with Gasteiger partial charge < -0.3 is 9.47 Å². The first-order valence-corrected chi connectivity index (χ1v) is 7.07. The standard InChI is InChI=1S/C14H4BrF9O2/c15-13(21,22)14(23,24)26-6-3-1-5(2-4-6)25-12-10(19)8(17)7(16)9(18)11(12)20/h1-4H. The molecule has 0 aliphatic rings. The fourth-order valence-corrected chi connectivity index (χ4v) is 1.65. The number of benzene rings is 2. The van der Waals surface area contributed by atoms with Gasteiger partial charge in [0, 0.05) is 15.9 Å². The third-order valence-electron chi connectivity index (χ3n) is 2.79. The number of rotatable bonds is 5. The lowest BCUT2D eigenvalue weighted by Crippen LogP contribution is -2.40. The van der Waals surface area contributed by atoms with Gasteiger partial charge in [0.05, 0.1) is 0 Å². The Labute approximate surface area is 147 Å². The molecule has 0 saturated carbocycles. The predicted octanol–water partition coefficient (Wildman–Crippen LogP) is 6.13. The third kappa shape index (κ3) is 3.84. The van der Waals surface area contributed by atoms with Crippen molar-refractivity contribution in [3.8, 4) is 17.2 Å². The van der Waals surface area contributed by atoms with Gasteiger partial charge in [0.2, 0.25) is 34.8 Å². The molecule has 0 atom stereocenters. The maximum atomic E-state index is 13.5. The van der Waals surface area contributed by atoms with E-state index in [2.05, 4.69) is 9.47 Å². The van der Waals surface area contributed by atoms with Crippen LogP contribution in [0, 0.1) is 29.1 Å². The molecule has 0 aliphatic heterocycles. The lowest BCUT2D eigenvalue weighted by Gasteiger charge is -2.22. The zero-order chi connectivity index (χ0) is 19.9. The van der Waals surface area contributed by atoms with Crippen molar-refractivity contribution in [2.75, 3.05) is 0 Å². The molecule has 26 heavy (non-hydrogen) atoms. The smallest absolute Gasteiger partial charge is 0.451 e. The summed E-state index contributed by atoms with van der Waals surface area (Å²) in [4.78, 5) is -4.69. The van der Waals surface area contributed by atoms with E-state index in [1.807, 2.05) is 0 Å². The molecule has 142 valence electrons. The van der Waals surface area contributed by atoms with Crippen molar-refractivity contribution in [2.24, 2.45) is 0 Å².